The minimum atomic E-state index is -2.52. The zero-order chi connectivity index (χ0) is 23.2. The van der Waals surface area contributed by atoms with Gasteiger partial charge in [0, 0.05) is 0 Å². The minimum absolute atomic E-state index is 0. The number of hydrogen-bond donors (Lipinski definition) is 0. The first-order chi connectivity index (χ1) is 15.3. The van der Waals surface area contributed by atoms with E-state index in [0.29, 0.717) is 11.8 Å². The van der Waals surface area contributed by atoms with Crippen LogP contribution in [-0.4, -0.2) is 3.21 Å². The van der Waals surface area contributed by atoms with Gasteiger partial charge in [-0.1, -0.05) is 0 Å². The minimum Gasteiger partial charge on any atom is -0.147 e. The molecule has 2 aliphatic rings. The van der Waals surface area contributed by atoms with E-state index in [0.717, 1.165) is 0 Å². The average molecular weight is 573 g/mol. The SMILES string of the molecule is CC1=C(C)C(C)[C]([Zr]([C]2=C(C)C(C)=C(C)C2C)=[C](c2ccccc2)c2ccccc2)=C1C.Cl.Cl. The van der Waals surface area contributed by atoms with Crippen molar-refractivity contribution in [2.24, 2.45) is 11.8 Å². The van der Waals surface area contributed by atoms with Crippen LogP contribution in [0.2, 0.25) is 0 Å². The second-order valence-electron chi connectivity index (χ2n) is 9.62. The topological polar surface area (TPSA) is 0 Å². The van der Waals surface area contributed by atoms with E-state index in [9.17, 15) is 0 Å². The van der Waals surface area contributed by atoms with Crippen LogP contribution in [0.4, 0.5) is 0 Å². The Bertz CT molecular complexity index is 1130. The van der Waals surface area contributed by atoms with Gasteiger partial charge in [-0.25, -0.2) is 0 Å². The number of hydrogen-bond acceptors (Lipinski definition) is 0. The van der Waals surface area contributed by atoms with Gasteiger partial charge in [0.2, 0.25) is 0 Å². The van der Waals surface area contributed by atoms with Gasteiger partial charge < -0.3 is 0 Å². The van der Waals surface area contributed by atoms with Crippen LogP contribution < -0.4 is 0 Å². The van der Waals surface area contributed by atoms with Crippen molar-refractivity contribution in [3.63, 3.8) is 0 Å². The van der Waals surface area contributed by atoms with Crippen LogP contribution in [-0.2, 0) is 21.3 Å². The van der Waals surface area contributed by atoms with Crippen molar-refractivity contribution in [1.29, 1.82) is 0 Å². The summed E-state index contributed by atoms with van der Waals surface area (Å²) in [7, 11) is 0. The van der Waals surface area contributed by atoms with Crippen molar-refractivity contribution in [2.75, 3.05) is 0 Å². The smallest absolute Gasteiger partial charge is 0.147 e. The summed E-state index contributed by atoms with van der Waals surface area (Å²) in [6.07, 6.45) is 0. The van der Waals surface area contributed by atoms with Crippen molar-refractivity contribution in [3.05, 3.63) is 112 Å². The van der Waals surface area contributed by atoms with Crippen LogP contribution in [0, 0.1) is 11.8 Å². The Morgan fingerprint density at radius 2 is 0.853 bits per heavy atom. The average Bonchev–Trinajstić information content (AvgIpc) is 3.12. The van der Waals surface area contributed by atoms with E-state index in [1.165, 1.54) is 22.3 Å². The van der Waals surface area contributed by atoms with Crippen molar-refractivity contribution in [3.8, 4) is 0 Å². The maximum atomic E-state index is 2.46. The summed E-state index contributed by atoms with van der Waals surface area (Å²) in [6.45, 7) is 19.1. The zero-order valence-electron chi connectivity index (χ0n) is 21.7. The number of rotatable bonds is 4. The van der Waals surface area contributed by atoms with Crippen molar-refractivity contribution < 1.29 is 21.3 Å². The summed E-state index contributed by atoms with van der Waals surface area (Å²) in [5.74, 6) is 1.08. The summed E-state index contributed by atoms with van der Waals surface area (Å²) in [6, 6.07) is 22.5. The Kier molecular flexibility index (Phi) is 9.92. The van der Waals surface area contributed by atoms with E-state index >= 15 is 0 Å². The molecule has 4 rings (SSSR count). The summed E-state index contributed by atoms with van der Waals surface area (Å²) in [5.41, 5.74) is 12.2. The molecule has 0 amide bonds. The fraction of sp³-hybridized carbons (Fsp3) is 0.323. The largest absolute Gasteiger partial charge is 0.147 e. The molecular weight excluding hydrogens is 534 g/mol. The normalized spacial score (nSPS) is 20.0. The molecule has 180 valence electrons. The molecule has 0 aromatic heterocycles. The zero-order valence-corrected chi connectivity index (χ0v) is 25.8. The van der Waals surface area contributed by atoms with E-state index in [1.807, 2.05) is 0 Å². The quantitative estimate of drug-likeness (QED) is 0.343. The van der Waals surface area contributed by atoms with E-state index < -0.39 is 21.3 Å². The predicted molar refractivity (Wildman–Crippen MR) is 151 cm³/mol. The Hall–Kier alpha value is -1.27. The van der Waals surface area contributed by atoms with Gasteiger partial charge >= 0.3 is 203 Å². The predicted octanol–water partition coefficient (Wildman–Crippen LogP) is 9.24. The van der Waals surface area contributed by atoms with Crippen LogP contribution in [0.15, 0.2) is 101 Å². The summed E-state index contributed by atoms with van der Waals surface area (Å²) in [4.78, 5) is 0. The Labute approximate surface area is 226 Å². The van der Waals surface area contributed by atoms with Gasteiger partial charge in [0.1, 0.15) is 0 Å². The van der Waals surface area contributed by atoms with Crippen LogP contribution in [0.1, 0.15) is 66.5 Å². The molecule has 2 aromatic carbocycles. The van der Waals surface area contributed by atoms with Gasteiger partial charge in [0.05, 0.1) is 0 Å². The van der Waals surface area contributed by atoms with Crippen molar-refractivity contribution in [1.82, 2.24) is 0 Å². The molecule has 0 saturated carbocycles. The first-order valence-electron chi connectivity index (χ1n) is 11.9. The molecule has 0 saturated heterocycles. The molecule has 2 aromatic rings. The number of allylic oxidation sites excluding steroid dienone is 8. The van der Waals surface area contributed by atoms with E-state index in [2.05, 4.69) is 116 Å². The molecule has 0 nitrogen and oxygen atoms in total. The third kappa shape index (κ3) is 4.86. The molecular formula is C31H38Cl2Zr. The molecule has 3 heteroatoms. The molecule has 0 fully saturated rings. The summed E-state index contributed by atoms with van der Waals surface area (Å²) >= 11 is -2.52. The Morgan fingerprint density at radius 1 is 0.529 bits per heavy atom. The molecule has 2 aliphatic carbocycles. The molecule has 2 unspecified atom stereocenters. The summed E-state index contributed by atoms with van der Waals surface area (Å²) < 4.78 is 5.21. The standard InChI is InChI=1S/C13H10.2C9H13.2ClH.Zr/c1-3-7-12(8-4-1)11-13-9-5-2-6-10-13;2*1-6-5-7(2)9(4)8(6)3;;;/h1-10H;2*6H,1-4H3;2*1H;. The molecule has 34 heavy (non-hydrogen) atoms. The summed E-state index contributed by atoms with van der Waals surface area (Å²) in [5, 5.41) is 0. The fourth-order valence-electron chi connectivity index (χ4n) is 5.61. The number of halogens is 2. The maximum absolute atomic E-state index is 2.52. The van der Waals surface area contributed by atoms with Gasteiger partial charge in [-0.05, 0) is 0 Å². The van der Waals surface area contributed by atoms with Gasteiger partial charge in [-0.3, -0.25) is 0 Å². The van der Waals surface area contributed by atoms with E-state index in [1.54, 1.807) is 32.1 Å². The van der Waals surface area contributed by atoms with Crippen molar-refractivity contribution >= 4 is 28.0 Å². The molecule has 0 spiro atoms. The van der Waals surface area contributed by atoms with E-state index in [-0.39, 0.29) is 24.8 Å². The maximum Gasteiger partial charge on any atom is -0.147 e. The van der Waals surface area contributed by atoms with Gasteiger partial charge in [-0.15, -0.1) is 24.8 Å². The second kappa shape index (κ2) is 11.6. The van der Waals surface area contributed by atoms with Crippen LogP contribution in [0.25, 0.3) is 0 Å². The fourth-order valence-corrected chi connectivity index (χ4v) is 15.8. The number of benzene rings is 2. The first kappa shape index (κ1) is 29.0. The Balaban J connectivity index is 0.00000204. The molecule has 0 aliphatic heterocycles. The van der Waals surface area contributed by atoms with Gasteiger partial charge in [0.15, 0.2) is 0 Å². The van der Waals surface area contributed by atoms with Gasteiger partial charge in [-0.2, -0.15) is 0 Å². The molecule has 0 bridgehead atoms. The monoisotopic (exact) mass is 570 g/mol. The van der Waals surface area contributed by atoms with Gasteiger partial charge in [0.25, 0.3) is 0 Å². The van der Waals surface area contributed by atoms with E-state index in [4.69, 9.17) is 0 Å². The Morgan fingerprint density at radius 3 is 1.12 bits per heavy atom. The molecule has 0 N–H and O–H groups in total. The van der Waals surface area contributed by atoms with Crippen molar-refractivity contribution in [2.45, 2.75) is 55.4 Å². The second-order valence-corrected chi connectivity index (χ2v) is 15.3. The first-order valence-corrected chi connectivity index (χ1v) is 15.6. The van der Waals surface area contributed by atoms with Crippen LogP contribution >= 0.6 is 24.8 Å². The van der Waals surface area contributed by atoms with Crippen LogP contribution in [0.5, 0.6) is 0 Å². The molecule has 2 atom stereocenters. The molecule has 0 heterocycles. The third-order valence-corrected chi connectivity index (χ3v) is 17.5. The van der Waals surface area contributed by atoms with Crippen LogP contribution in [0.3, 0.4) is 0 Å². The molecule has 0 radical (unpaired) electrons. The third-order valence-electron chi connectivity index (χ3n) is 8.19.